The number of carboxylic acids is 1. The first-order valence-electron chi connectivity index (χ1n) is 8.11. The summed E-state index contributed by atoms with van der Waals surface area (Å²) < 4.78 is 0. The first-order valence-corrected chi connectivity index (χ1v) is 8.11. The number of unbranched alkanes of at least 4 members (excludes halogenated alkanes) is 6. The molecule has 0 aliphatic heterocycles. The molecule has 0 aromatic heterocycles. The van der Waals surface area contributed by atoms with Gasteiger partial charge in [0.15, 0.2) is 0 Å². The average Bonchev–Trinajstić information content (AvgIpc) is 2.40. The van der Waals surface area contributed by atoms with E-state index in [0.29, 0.717) is 5.57 Å². The van der Waals surface area contributed by atoms with Crippen molar-refractivity contribution >= 4 is 5.97 Å². The van der Waals surface area contributed by atoms with Crippen molar-refractivity contribution in [3.05, 3.63) is 11.1 Å². The highest BCUT2D eigenvalue weighted by atomic mass is 16.4. The second kappa shape index (κ2) is 12.3. The molecule has 2 heteroatoms. The molecule has 0 bridgehead atoms. The van der Waals surface area contributed by atoms with E-state index in [0.717, 1.165) is 38.5 Å². The smallest absolute Gasteiger partial charge is 0.331 e. The van der Waals surface area contributed by atoms with Gasteiger partial charge in [0, 0.05) is 5.57 Å². The first kappa shape index (κ1) is 18.2. The molecule has 0 aromatic carbocycles. The summed E-state index contributed by atoms with van der Waals surface area (Å²) >= 11 is 0. The van der Waals surface area contributed by atoms with E-state index in [2.05, 4.69) is 20.8 Å². The maximum absolute atomic E-state index is 11.4. The van der Waals surface area contributed by atoms with Crippen LogP contribution in [0.5, 0.6) is 0 Å². The molecule has 0 saturated carbocycles. The van der Waals surface area contributed by atoms with Gasteiger partial charge in [0.05, 0.1) is 0 Å². The molecule has 0 amide bonds. The Kier molecular flexibility index (Phi) is 11.7. The van der Waals surface area contributed by atoms with E-state index >= 15 is 0 Å². The molecule has 0 heterocycles. The summed E-state index contributed by atoms with van der Waals surface area (Å²) in [6.45, 7) is 6.47. The minimum absolute atomic E-state index is 0.691. The van der Waals surface area contributed by atoms with Crippen molar-refractivity contribution in [2.24, 2.45) is 0 Å². The van der Waals surface area contributed by atoms with E-state index < -0.39 is 5.97 Å². The maximum Gasteiger partial charge on any atom is 0.331 e. The zero-order valence-electron chi connectivity index (χ0n) is 13.1. The summed E-state index contributed by atoms with van der Waals surface area (Å²) in [5.74, 6) is -0.691. The molecule has 0 radical (unpaired) electrons. The van der Waals surface area contributed by atoms with Crippen LogP contribution in [0.3, 0.4) is 0 Å². The van der Waals surface area contributed by atoms with Crippen LogP contribution in [-0.4, -0.2) is 11.1 Å². The molecule has 112 valence electrons. The lowest BCUT2D eigenvalue weighted by molar-refractivity contribution is -0.132. The lowest BCUT2D eigenvalue weighted by Gasteiger charge is -2.11. The highest BCUT2D eigenvalue weighted by Crippen LogP contribution is 2.22. The fourth-order valence-electron chi connectivity index (χ4n) is 2.47. The Hall–Kier alpha value is -0.790. The molecule has 0 unspecified atom stereocenters. The average molecular weight is 268 g/mol. The zero-order chi connectivity index (χ0) is 14.5. The zero-order valence-corrected chi connectivity index (χ0v) is 13.1. The third kappa shape index (κ3) is 8.85. The predicted octanol–water partition coefficient (Wildman–Crippen LogP) is 5.72. The molecular weight excluding hydrogens is 236 g/mol. The summed E-state index contributed by atoms with van der Waals surface area (Å²) in [7, 11) is 0. The van der Waals surface area contributed by atoms with Gasteiger partial charge in [0.2, 0.25) is 0 Å². The van der Waals surface area contributed by atoms with Gasteiger partial charge in [-0.2, -0.15) is 0 Å². The van der Waals surface area contributed by atoms with Gasteiger partial charge in [-0.1, -0.05) is 64.9 Å². The molecular formula is C17H32O2. The quantitative estimate of drug-likeness (QED) is 0.363. The first-order chi connectivity index (χ1) is 9.17. The maximum atomic E-state index is 11.4. The van der Waals surface area contributed by atoms with E-state index in [1.54, 1.807) is 0 Å². The normalized spacial score (nSPS) is 12.4. The Morgan fingerprint density at radius 2 is 1.32 bits per heavy atom. The Morgan fingerprint density at radius 3 is 1.74 bits per heavy atom. The van der Waals surface area contributed by atoms with Crippen molar-refractivity contribution < 1.29 is 9.90 Å². The van der Waals surface area contributed by atoms with E-state index in [-0.39, 0.29) is 0 Å². The van der Waals surface area contributed by atoms with Crippen molar-refractivity contribution in [3.63, 3.8) is 0 Å². The number of hydrogen-bond donors (Lipinski definition) is 1. The minimum Gasteiger partial charge on any atom is -0.478 e. The second-order valence-corrected chi connectivity index (χ2v) is 5.36. The molecule has 0 atom stereocenters. The van der Waals surface area contributed by atoms with Crippen LogP contribution in [0.4, 0.5) is 0 Å². The van der Waals surface area contributed by atoms with Crippen LogP contribution in [0.2, 0.25) is 0 Å². The summed E-state index contributed by atoms with van der Waals surface area (Å²) in [5, 5.41) is 9.38. The van der Waals surface area contributed by atoms with E-state index in [4.69, 9.17) is 0 Å². The lowest BCUT2D eigenvalue weighted by Crippen LogP contribution is -2.05. The molecule has 0 spiro atoms. The van der Waals surface area contributed by atoms with Crippen LogP contribution in [0, 0.1) is 0 Å². The van der Waals surface area contributed by atoms with Crippen molar-refractivity contribution in [2.45, 2.75) is 91.4 Å². The Bertz CT molecular complexity index is 266. The van der Waals surface area contributed by atoms with Gasteiger partial charge in [0.25, 0.3) is 0 Å². The van der Waals surface area contributed by atoms with Crippen molar-refractivity contribution in [1.29, 1.82) is 0 Å². The van der Waals surface area contributed by atoms with Crippen molar-refractivity contribution in [2.75, 3.05) is 0 Å². The fourth-order valence-corrected chi connectivity index (χ4v) is 2.47. The number of carbonyl (C=O) groups is 1. The summed E-state index contributed by atoms with van der Waals surface area (Å²) in [5.41, 5.74) is 1.88. The summed E-state index contributed by atoms with van der Waals surface area (Å²) in [6, 6.07) is 0. The number of allylic oxidation sites excluding steroid dienone is 1. The van der Waals surface area contributed by atoms with Crippen molar-refractivity contribution in [3.8, 4) is 0 Å². The van der Waals surface area contributed by atoms with Crippen LogP contribution in [0.15, 0.2) is 11.1 Å². The SMILES string of the molecule is CCCCCC/C(CC)=C(\CCCCCC)C(=O)O. The van der Waals surface area contributed by atoms with Crippen LogP contribution in [0.1, 0.15) is 91.4 Å². The largest absolute Gasteiger partial charge is 0.478 e. The van der Waals surface area contributed by atoms with Gasteiger partial charge in [-0.05, 0) is 32.1 Å². The second-order valence-electron chi connectivity index (χ2n) is 5.36. The van der Waals surface area contributed by atoms with Crippen molar-refractivity contribution in [1.82, 2.24) is 0 Å². The monoisotopic (exact) mass is 268 g/mol. The third-order valence-corrected chi connectivity index (χ3v) is 3.72. The highest BCUT2D eigenvalue weighted by Gasteiger charge is 2.12. The molecule has 0 rings (SSSR count). The summed E-state index contributed by atoms with van der Waals surface area (Å²) in [6.07, 6.45) is 12.1. The van der Waals surface area contributed by atoms with Gasteiger partial charge in [-0.15, -0.1) is 0 Å². The summed E-state index contributed by atoms with van der Waals surface area (Å²) in [4.78, 5) is 11.4. The van der Waals surface area contributed by atoms with Gasteiger partial charge >= 0.3 is 5.97 Å². The number of aliphatic carboxylic acids is 1. The highest BCUT2D eigenvalue weighted by molar-refractivity contribution is 5.87. The van der Waals surface area contributed by atoms with Gasteiger partial charge < -0.3 is 5.11 Å². The van der Waals surface area contributed by atoms with Crippen LogP contribution < -0.4 is 0 Å². The standard InChI is InChI=1S/C17H32O2/c1-4-7-9-11-13-15(6-3)16(17(18)19)14-12-10-8-5-2/h4-14H2,1-3H3,(H,18,19)/b16-15+. The Morgan fingerprint density at radius 1 is 0.789 bits per heavy atom. The fraction of sp³-hybridized carbons (Fsp3) is 0.824. The predicted molar refractivity (Wildman–Crippen MR) is 82.5 cm³/mol. The molecule has 0 saturated heterocycles. The van der Waals surface area contributed by atoms with Crippen LogP contribution >= 0.6 is 0 Å². The number of rotatable bonds is 12. The lowest BCUT2D eigenvalue weighted by atomic mass is 9.95. The van der Waals surface area contributed by atoms with Crippen LogP contribution in [0.25, 0.3) is 0 Å². The van der Waals surface area contributed by atoms with E-state index in [9.17, 15) is 9.90 Å². The topological polar surface area (TPSA) is 37.3 Å². The molecule has 2 nitrogen and oxygen atoms in total. The molecule has 1 N–H and O–H groups in total. The van der Waals surface area contributed by atoms with E-state index in [1.165, 1.54) is 37.7 Å². The molecule has 0 aliphatic carbocycles. The number of hydrogen-bond acceptors (Lipinski definition) is 1. The third-order valence-electron chi connectivity index (χ3n) is 3.72. The molecule has 0 aromatic rings. The molecule has 0 aliphatic rings. The molecule has 0 fully saturated rings. The Labute approximate surface area is 119 Å². The molecule has 19 heavy (non-hydrogen) atoms. The van der Waals surface area contributed by atoms with Gasteiger partial charge in [-0.3, -0.25) is 0 Å². The van der Waals surface area contributed by atoms with E-state index in [1.807, 2.05) is 0 Å². The van der Waals surface area contributed by atoms with Gasteiger partial charge in [0.1, 0.15) is 0 Å². The minimum atomic E-state index is -0.691. The van der Waals surface area contributed by atoms with Crippen LogP contribution in [-0.2, 0) is 4.79 Å². The number of carboxylic acid groups (broad SMARTS) is 1. The Balaban J connectivity index is 4.37. The van der Waals surface area contributed by atoms with Gasteiger partial charge in [-0.25, -0.2) is 4.79 Å².